The van der Waals surface area contributed by atoms with Crippen LogP contribution in [0.4, 0.5) is 4.39 Å². The van der Waals surface area contributed by atoms with Crippen LogP contribution in [0.1, 0.15) is 28.9 Å². The minimum absolute atomic E-state index is 0.197. The van der Waals surface area contributed by atoms with Gasteiger partial charge in [0.2, 0.25) is 0 Å². The van der Waals surface area contributed by atoms with Crippen molar-refractivity contribution in [2.24, 2.45) is 0 Å². The number of carbonyl (C=O) groups excluding carboxylic acids is 1. The van der Waals surface area contributed by atoms with Crippen molar-refractivity contribution < 1.29 is 9.18 Å². The van der Waals surface area contributed by atoms with Crippen LogP contribution in [0, 0.1) is 12.7 Å². The van der Waals surface area contributed by atoms with Crippen molar-refractivity contribution in [1.82, 2.24) is 14.9 Å². The van der Waals surface area contributed by atoms with Gasteiger partial charge < -0.3 is 9.88 Å². The van der Waals surface area contributed by atoms with Gasteiger partial charge in [-0.2, -0.15) is 4.98 Å². The van der Waals surface area contributed by atoms with E-state index >= 15 is 0 Å². The molecule has 0 aliphatic carbocycles. The summed E-state index contributed by atoms with van der Waals surface area (Å²) in [5.41, 5.74) is 1.09. The number of likely N-dealkylation sites (tertiary alicyclic amines) is 1. The molecule has 114 valence electrons. The highest BCUT2D eigenvalue weighted by Crippen LogP contribution is 2.20. The number of rotatable bonds is 2. The summed E-state index contributed by atoms with van der Waals surface area (Å²) in [6, 6.07) is 6.04. The third kappa shape index (κ3) is 2.77. The fourth-order valence-corrected chi connectivity index (χ4v) is 2.62. The summed E-state index contributed by atoms with van der Waals surface area (Å²) < 4.78 is 13.4. The molecule has 0 unspecified atom stereocenters. The van der Waals surface area contributed by atoms with E-state index in [1.54, 1.807) is 30.0 Å². The van der Waals surface area contributed by atoms with E-state index in [0.29, 0.717) is 29.9 Å². The molecule has 3 rings (SSSR count). The molecule has 1 N–H and O–H groups in total. The van der Waals surface area contributed by atoms with Crippen LogP contribution in [0.5, 0.6) is 0 Å². The van der Waals surface area contributed by atoms with E-state index in [-0.39, 0.29) is 17.4 Å². The Morgan fingerprint density at radius 1 is 1.27 bits per heavy atom. The van der Waals surface area contributed by atoms with E-state index in [0.717, 1.165) is 12.8 Å². The molecule has 0 bridgehead atoms. The van der Waals surface area contributed by atoms with Gasteiger partial charge in [-0.1, -0.05) is 0 Å². The zero-order chi connectivity index (χ0) is 15.7. The van der Waals surface area contributed by atoms with Crippen LogP contribution in [-0.2, 0) is 0 Å². The first-order valence-electron chi connectivity index (χ1n) is 7.22. The van der Waals surface area contributed by atoms with Crippen LogP contribution in [0.2, 0.25) is 0 Å². The van der Waals surface area contributed by atoms with Crippen LogP contribution in [0.15, 0.2) is 29.1 Å². The number of H-pyrrole nitrogens is 1. The zero-order valence-electron chi connectivity index (χ0n) is 12.2. The van der Waals surface area contributed by atoms with Gasteiger partial charge in [0.1, 0.15) is 11.5 Å². The number of aromatic amines is 1. The number of nitrogens with one attached hydrogen (secondary N) is 1. The molecule has 1 aliphatic rings. The molecular formula is C16H16FN3O2. The van der Waals surface area contributed by atoms with E-state index in [1.807, 2.05) is 0 Å². The molecule has 1 saturated heterocycles. The van der Waals surface area contributed by atoms with Crippen LogP contribution < -0.4 is 5.69 Å². The Morgan fingerprint density at radius 3 is 2.68 bits per heavy atom. The molecule has 1 aromatic heterocycles. The van der Waals surface area contributed by atoms with Crippen molar-refractivity contribution >= 4 is 5.91 Å². The minimum atomic E-state index is -0.581. The van der Waals surface area contributed by atoms with Crippen LogP contribution >= 0.6 is 0 Å². The fraction of sp³-hybridized carbons (Fsp3) is 0.312. The third-order valence-corrected chi connectivity index (χ3v) is 3.82. The highest BCUT2D eigenvalue weighted by Gasteiger charge is 2.21. The first kappa shape index (κ1) is 14.4. The first-order valence-corrected chi connectivity index (χ1v) is 7.22. The van der Waals surface area contributed by atoms with Crippen molar-refractivity contribution in [1.29, 1.82) is 0 Å². The van der Waals surface area contributed by atoms with Crippen molar-refractivity contribution in [3.8, 4) is 11.3 Å². The summed E-state index contributed by atoms with van der Waals surface area (Å²) in [6.07, 6.45) is 1.95. The first-order chi connectivity index (χ1) is 10.5. The summed E-state index contributed by atoms with van der Waals surface area (Å²) in [5.74, 6) is -0.515. The smallest absolute Gasteiger partial charge is 0.337 e. The SMILES string of the molecule is Cc1cc(-c2cc(C(=O)N3CCCC3)[nH]c(=O)n2)ccc1F. The molecule has 0 spiro atoms. The van der Waals surface area contributed by atoms with Gasteiger partial charge in [-0.15, -0.1) is 0 Å². The largest absolute Gasteiger partial charge is 0.346 e. The van der Waals surface area contributed by atoms with Gasteiger partial charge in [-0.3, -0.25) is 4.79 Å². The van der Waals surface area contributed by atoms with Crippen molar-refractivity contribution in [2.45, 2.75) is 19.8 Å². The molecule has 5 nitrogen and oxygen atoms in total. The second kappa shape index (κ2) is 5.71. The van der Waals surface area contributed by atoms with Crippen molar-refractivity contribution in [3.63, 3.8) is 0 Å². The average Bonchev–Trinajstić information content (AvgIpc) is 3.03. The quantitative estimate of drug-likeness (QED) is 0.924. The summed E-state index contributed by atoms with van der Waals surface area (Å²) in [4.78, 5) is 32.2. The molecule has 2 heterocycles. The summed E-state index contributed by atoms with van der Waals surface area (Å²) >= 11 is 0. The van der Waals surface area contributed by atoms with E-state index in [4.69, 9.17) is 0 Å². The predicted octanol–water partition coefficient (Wildman–Crippen LogP) is 2.12. The minimum Gasteiger partial charge on any atom is -0.337 e. The molecule has 2 aromatic rings. The number of hydrogen-bond donors (Lipinski definition) is 1. The number of benzene rings is 1. The predicted molar refractivity (Wildman–Crippen MR) is 80.1 cm³/mol. The molecule has 0 atom stereocenters. The number of aryl methyl sites for hydroxylation is 1. The molecule has 6 heteroatoms. The number of aromatic nitrogens is 2. The highest BCUT2D eigenvalue weighted by molar-refractivity contribution is 5.93. The van der Waals surface area contributed by atoms with E-state index in [9.17, 15) is 14.0 Å². The standard InChI is InChI=1S/C16H16FN3O2/c1-10-8-11(4-5-12(10)17)13-9-14(19-16(22)18-13)15(21)20-6-2-3-7-20/h4-5,8-9H,2-3,6-7H2,1H3,(H,18,19,22). The van der Waals surface area contributed by atoms with Crippen molar-refractivity contribution in [2.75, 3.05) is 13.1 Å². The lowest BCUT2D eigenvalue weighted by Crippen LogP contribution is -2.30. The monoisotopic (exact) mass is 301 g/mol. The van der Waals surface area contributed by atoms with Gasteiger partial charge in [-0.05, 0) is 49.6 Å². The summed E-state index contributed by atoms with van der Waals surface area (Å²) in [5, 5.41) is 0. The maximum Gasteiger partial charge on any atom is 0.346 e. The Bertz CT molecular complexity index is 779. The molecule has 1 amide bonds. The van der Waals surface area contributed by atoms with Gasteiger partial charge in [0.15, 0.2) is 0 Å². The van der Waals surface area contributed by atoms with E-state index in [1.165, 1.54) is 6.07 Å². The summed E-state index contributed by atoms with van der Waals surface area (Å²) in [7, 11) is 0. The van der Waals surface area contributed by atoms with Gasteiger partial charge in [0.05, 0.1) is 5.69 Å². The van der Waals surface area contributed by atoms with Gasteiger partial charge in [-0.25, -0.2) is 9.18 Å². The molecular weight excluding hydrogens is 285 g/mol. The Kier molecular flexibility index (Phi) is 3.75. The number of halogens is 1. The van der Waals surface area contributed by atoms with Gasteiger partial charge in [0.25, 0.3) is 5.91 Å². The lowest BCUT2D eigenvalue weighted by Gasteiger charge is -2.15. The molecule has 1 aromatic carbocycles. The second-order valence-corrected chi connectivity index (χ2v) is 5.45. The summed E-state index contributed by atoms with van der Waals surface area (Å²) in [6.45, 7) is 3.05. The molecule has 1 aliphatic heterocycles. The second-order valence-electron chi connectivity index (χ2n) is 5.45. The topological polar surface area (TPSA) is 66.1 Å². The molecule has 1 fully saturated rings. The maximum atomic E-state index is 13.4. The molecule has 0 radical (unpaired) electrons. The fourth-order valence-electron chi connectivity index (χ4n) is 2.62. The normalized spacial score (nSPS) is 14.4. The molecule has 22 heavy (non-hydrogen) atoms. The maximum absolute atomic E-state index is 13.4. The van der Waals surface area contributed by atoms with Gasteiger partial charge in [0, 0.05) is 18.7 Å². The van der Waals surface area contributed by atoms with Crippen molar-refractivity contribution in [3.05, 3.63) is 51.8 Å². The lowest BCUT2D eigenvalue weighted by atomic mass is 10.1. The van der Waals surface area contributed by atoms with Crippen LogP contribution in [0.3, 0.4) is 0 Å². The number of nitrogens with zero attached hydrogens (tertiary/aromatic N) is 2. The third-order valence-electron chi connectivity index (χ3n) is 3.82. The van der Waals surface area contributed by atoms with Crippen LogP contribution in [0.25, 0.3) is 11.3 Å². The average molecular weight is 301 g/mol. The molecule has 0 saturated carbocycles. The highest BCUT2D eigenvalue weighted by atomic mass is 19.1. The lowest BCUT2D eigenvalue weighted by molar-refractivity contribution is 0.0786. The van der Waals surface area contributed by atoms with E-state index in [2.05, 4.69) is 9.97 Å². The Hall–Kier alpha value is -2.50. The van der Waals surface area contributed by atoms with E-state index < -0.39 is 5.69 Å². The van der Waals surface area contributed by atoms with Crippen LogP contribution in [-0.4, -0.2) is 33.9 Å². The Balaban J connectivity index is 2.00. The number of amides is 1. The zero-order valence-corrected chi connectivity index (χ0v) is 12.2. The number of carbonyl (C=O) groups is 1. The Morgan fingerprint density at radius 2 is 2.00 bits per heavy atom. The Labute approximate surface area is 126 Å². The number of hydrogen-bond acceptors (Lipinski definition) is 3. The van der Waals surface area contributed by atoms with Gasteiger partial charge >= 0.3 is 5.69 Å².